The van der Waals surface area contributed by atoms with E-state index in [1.165, 1.54) is 17.8 Å². The molecule has 2 aromatic carbocycles. The molecule has 2 nitrogen and oxygen atoms in total. The molecule has 0 bridgehead atoms. The Morgan fingerprint density at radius 3 is 1.93 bits per heavy atom. The molecule has 142 valence electrons. The lowest BCUT2D eigenvalue weighted by Gasteiger charge is -2.06. The summed E-state index contributed by atoms with van der Waals surface area (Å²) in [6.07, 6.45) is -1.30. The van der Waals surface area contributed by atoms with Gasteiger partial charge in [0, 0.05) is 23.4 Å². The second-order valence-electron chi connectivity index (χ2n) is 6.21. The highest BCUT2D eigenvalue weighted by Crippen LogP contribution is 2.21. The molecule has 0 aliphatic rings. The molecule has 0 N–H and O–H groups in total. The van der Waals surface area contributed by atoms with Crippen LogP contribution >= 0.6 is 0 Å². The van der Waals surface area contributed by atoms with E-state index in [9.17, 15) is 13.2 Å². The molecule has 0 saturated heterocycles. The summed E-state index contributed by atoms with van der Waals surface area (Å²) in [4.78, 5) is 3.61. The molecule has 0 saturated carbocycles. The fourth-order valence-electron chi connectivity index (χ4n) is 2.68. The summed E-state index contributed by atoms with van der Waals surface area (Å²) >= 11 is 0. The molecule has 0 atom stereocenters. The first-order valence-corrected chi connectivity index (χ1v) is 8.86. The quantitative estimate of drug-likeness (QED) is 0.517. The second-order valence-corrected chi connectivity index (χ2v) is 6.21. The lowest BCUT2D eigenvalue weighted by Crippen LogP contribution is -2.17. The largest absolute Gasteiger partial charge is 0.574 e. The van der Waals surface area contributed by atoms with E-state index in [0.29, 0.717) is 5.56 Å². The third-order valence-electron chi connectivity index (χ3n) is 4.02. The van der Waals surface area contributed by atoms with Gasteiger partial charge in [0.15, 0.2) is 0 Å². The first kappa shape index (κ1) is 19.5. The summed E-state index contributed by atoms with van der Waals surface area (Å²) in [5.41, 5.74) is 4.88. The number of halogens is 3. The van der Waals surface area contributed by atoms with Crippen molar-refractivity contribution in [3.05, 3.63) is 83.6 Å². The van der Waals surface area contributed by atoms with Crippen molar-refractivity contribution in [2.24, 2.45) is 0 Å². The van der Waals surface area contributed by atoms with Crippen molar-refractivity contribution >= 4 is 0 Å². The van der Waals surface area contributed by atoms with E-state index in [-0.39, 0.29) is 0 Å². The van der Waals surface area contributed by atoms with Crippen LogP contribution in [-0.2, 0) is 6.42 Å². The third kappa shape index (κ3) is 5.62. The molecule has 0 amide bonds. The van der Waals surface area contributed by atoms with E-state index in [4.69, 9.17) is 0 Å². The Labute approximate surface area is 162 Å². The van der Waals surface area contributed by atoms with Gasteiger partial charge in [-0.05, 0) is 41.3 Å². The van der Waals surface area contributed by atoms with E-state index >= 15 is 0 Å². The zero-order valence-corrected chi connectivity index (χ0v) is 15.3. The van der Waals surface area contributed by atoms with Crippen molar-refractivity contribution < 1.29 is 17.9 Å². The Balaban J connectivity index is 1.68. The number of ether oxygens (including phenoxy) is 1. The molecule has 3 rings (SSSR count). The van der Waals surface area contributed by atoms with Gasteiger partial charge in [-0.15, -0.1) is 13.2 Å². The van der Waals surface area contributed by atoms with E-state index in [0.717, 1.165) is 35.6 Å². The number of alkyl halides is 3. The molecule has 1 aromatic heterocycles. The van der Waals surface area contributed by atoms with Crippen LogP contribution in [0.4, 0.5) is 13.2 Å². The van der Waals surface area contributed by atoms with Crippen LogP contribution in [-0.4, -0.2) is 11.3 Å². The molecule has 1 heterocycles. The number of hydrogen-bond acceptors (Lipinski definition) is 2. The molecule has 3 aromatic rings. The number of nitrogens with zero attached hydrogens (tertiary/aromatic N) is 1. The SMILES string of the molecule is CCCc1ccc(-c2ccc(C#Cc3ccc(OC(F)(F)F)nc3)cc2)cc1. The van der Waals surface area contributed by atoms with Crippen molar-refractivity contribution in [1.29, 1.82) is 0 Å². The lowest BCUT2D eigenvalue weighted by molar-refractivity contribution is -0.276. The molecule has 0 aliphatic carbocycles. The zero-order valence-electron chi connectivity index (χ0n) is 15.3. The standard InChI is InChI=1S/C23H18F3NO/c1-2-3-17-6-11-20(12-7-17)21-13-8-18(9-14-21)4-5-19-10-15-22(27-16-19)28-23(24,25)26/h6-16H,2-3H2,1H3. The van der Waals surface area contributed by atoms with Gasteiger partial charge in [0.1, 0.15) is 0 Å². The van der Waals surface area contributed by atoms with Gasteiger partial charge < -0.3 is 4.74 Å². The van der Waals surface area contributed by atoms with Gasteiger partial charge in [0.25, 0.3) is 0 Å². The normalized spacial score (nSPS) is 10.9. The van der Waals surface area contributed by atoms with Gasteiger partial charge in [0.2, 0.25) is 5.88 Å². The zero-order chi connectivity index (χ0) is 20.0. The van der Waals surface area contributed by atoms with Crippen LogP contribution in [0.1, 0.15) is 30.0 Å². The summed E-state index contributed by atoms with van der Waals surface area (Å²) in [7, 11) is 0. The summed E-state index contributed by atoms with van der Waals surface area (Å²) in [5.74, 6) is 5.36. The van der Waals surface area contributed by atoms with Crippen molar-refractivity contribution in [3.8, 4) is 28.8 Å². The third-order valence-corrected chi connectivity index (χ3v) is 4.02. The molecule has 0 spiro atoms. The summed E-state index contributed by atoms with van der Waals surface area (Å²) in [5, 5.41) is 0. The number of rotatable bonds is 4. The molecule has 0 fully saturated rings. The van der Waals surface area contributed by atoms with Gasteiger partial charge >= 0.3 is 6.36 Å². The van der Waals surface area contributed by atoms with Gasteiger partial charge in [-0.3, -0.25) is 0 Å². The summed E-state index contributed by atoms with van der Waals surface area (Å²) in [6, 6.07) is 18.9. The number of pyridine rings is 1. The van der Waals surface area contributed by atoms with Gasteiger partial charge in [0.05, 0.1) is 0 Å². The average Bonchev–Trinajstić information content (AvgIpc) is 2.68. The molecular weight excluding hydrogens is 363 g/mol. The van der Waals surface area contributed by atoms with E-state index in [2.05, 4.69) is 52.8 Å². The number of aryl methyl sites for hydroxylation is 1. The maximum absolute atomic E-state index is 12.1. The summed E-state index contributed by atoms with van der Waals surface area (Å²) < 4.78 is 40.1. The molecule has 5 heteroatoms. The Bertz CT molecular complexity index is 964. The summed E-state index contributed by atoms with van der Waals surface area (Å²) in [6.45, 7) is 2.16. The van der Waals surface area contributed by atoms with Gasteiger partial charge in [-0.25, -0.2) is 4.98 Å². The minimum absolute atomic E-state index is 0.505. The van der Waals surface area contributed by atoms with E-state index < -0.39 is 12.2 Å². The molecular formula is C23H18F3NO. The highest BCUT2D eigenvalue weighted by molar-refractivity contribution is 5.64. The number of benzene rings is 2. The number of hydrogen-bond donors (Lipinski definition) is 0. The van der Waals surface area contributed by atoms with Crippen LogP contribution in [0, 0.1) is 11.8 Å². The molecule has 28 heavy (non-hydrogen) atoms. The first-order valence-electron chi connectivity index (χ1n) is 8.86. The predicted octanol–water partition coefficient (Wildman–Crippen LogP) is 6.00. The van der Waals surface area contributed by atoms with Crippen molar-refractivity contribution in [1.82, 2.24) is 4.98 Å². The van der Waals surface area contributed by atoms with Crippen LogP contribution in [0.3, 0.4) is 0 Å². The fraction of sp³-hybridized carbons (Fsp3) is 0.174. The average molecular weight is 381 g/mol. The topological polar surface area (TPSA) is 22.1 Å². The van der Waals surface area contributed by atoms with Crippen LogP contribution < -0.4 is 4.74 Å². The van der Waals surface area contributed by atoms with Crippen molar-refractivity contribution in [2.75, 3.05) is 0 Å². The van der Waals surface area contributed by atoms with Crippen LogP contribution in [0.25, 0.3) is 11.1 Å². The van der Waals surface area contributed by atoms with Gasteiger partial charge in [-0.1, -0.05) is 61.6 Å². The van der Waals surface area contributed by atoms with E-state index in [1.807, 2.05) is 24.3 Å². The Hall–Kier alpha value is -3.26. The Morgan fingerprint density at radius 2 is 1.39 bits per heavy atom. The van der Waals surface area contributed by atoms with Crippen LogP contribution in [0.5, 0.6) is 5.88 Å². The van der Waals surface area contributed by atoms with Crippen LogP contribution in [0.15, 0.2) is 66.9 Å². The molecule has 0 radical (unpaired) electrons. The first-order chi connectivity index (χ1) is 13.4. The number of aromatic nitrogens is 1. The van der Waals surface area contributed by atoms with Crippen molar-refractivity contribution in [2.45, 2.75) is 26.1 Å². The van der Waals surface area contributed by atoms with Crippen molar-refractivity contribution in [3.63, 3.8) is 0 Å². The maximum atomic E-state index is 12.1. The minimum atomic E-state index is -4.75. The Kier molecular flexibility index (Phi) is 6.00. The fourth-order valence-corrected chi connectivity index (χ4v) is 2.68. The Morgan fingerprint density at radius 1 is 0.821 bits per heavy atom. The monoisotopic (exact) mass is 381 g/mol. The predicted molar refractivity (Wildman–Crippen MR) is 103 cm³/mol. The smallest absolute Gasteiger partial charge is 0.388 e. The molecule has 0 aliphatic heterocycles. The lowest BCUT2D eigenvalue weighted by atomic mass is 10.0. The minimum Gasteiger partial charge on any atom is -0.388 e. The van der Waals surface area contributed by atoms with Crippen LogP contribution in [0.2, 0.25) is 0 Å². The highest BCUT2D eigenvalue weighted by atomic mass is 19.4. The van der Waals surface area contributed by atoms with Gasteiger partial charge in [-0.2, -0.15) is 0 Å². The second kappa shape index (κ2) is 8.62. The molecule has 0 unspecified atom stereocenters. The highest BCUT2D eigenvalue weighted by Gasteiger charge is 2.31. The van der Waals surface area contributed by atoms with E-state index in [1.54, 1.807) is 0 Å². The maximum Gasteiger partial charge on any atom is 0.574 e.